The average Bonchev–Trinajstić information content (AvgIpc) is 2.28. The first-order chi connectivity index (χ1) is 8.04. The molecule has 1 aromatic rings. The minimum absolute atomic E-state index is 0.251. The lowest BCUT2D eigenvalue weighted by Gasteiger charge is -2.22. The summed E-state index contributed by atoms with van der Waals surface area (Å²) in [6.45, 7) is 4.95. The van der Waals surface area contributed by atoms with Gasteiger partial charge in [-0.3, -0.25) is 4.98 Å². The SMILES string of the molecule is COCC(Nc1ccnc(C(N)=S)c1)C(C)C. The van der Waals surface area contributed by atoms with Gasteiger partial charge in [-0.05, 0) is 18.1 Å². The summed E-state index contributed by atoms with van der Waals surface area (Å²) >= 11 is 4.90. The molecule has 5 heteroatoms. The second-order valence-corrected chi connectivity index (χ2v) is 4.68. The van der Waals surface area contributed by atoms with Crippen LogP contribution in [0.1, 0.15) is 19.5 Å². The Morgan fingerprint density at radius 3 is 2.82 bits per heavy atom. The fourth-order valence-electron chi connectivity index (χ4n) is 1.45. The van der Waals surface area contributed by atoms with Gasteiger partial charge in [-0.25, -0.2) is 0 Å². The average molecular weight is 253 g/mol. The van der Waals surface area contributed by atoms with Gasteiger partial charge < -0.3 is 15.8 Å². The lowest BCUT2D eigenvalue weighted by molar-refractivity contribution is 0.171. The van der Waals surface area contributed by atoms with Gasteiger partial charge in [-0.2, -0.15) is 0 Å². The number of ether oxygens (including phenoxy) is 1. The zero-order valence-electron chi connectivity index (χ0n) is 10.4. The molecule has 0 aliphatic heterocycles. The number of rotatable bonds is 6. The van der Waals surface area contributed by atoms with Crippen LogP contribution >= 0.6 is 12.2 Å². The van der Waals surface area contributed by atoms with Crippen LogP contribution in [-0.4, -0.2) is 29.7 Å². The van der Waals surface area contributed by atoms with Crippen LogP contribution in [0.3, 0.4) is 0 Å². The molecule has 0 fully saturated rings. The zero-order chi connectivity index (χ0) is 12.8. The molecular weight excluding hydrogens is 234 g/mol. The molecule has 1 heterocycles. The zero-order valence-corrected chi connectivity index (χ0v) is 11.3. The van der Waals surface area contributed by atoms with E-state index in [4.69, 9.17) is 22.7 Å². The molecule has 4 nitrogen and oxygen atoms in total. The van der Waals surface area contributed by atoms with E-state index in [9.17, 15) is 0 Å². The van der Waals surface area contributed by atoms with Crippen molar-refractivity contribution in [3.05, 3.63) is 24.0 Å². The van der Waals surface area contributed by atoms with E-state index in [1.165, 1.54) is 0 Å². The lowest BCUT2D eigenvalue weighted by atomic mass is 10.1. The molecule has 0 aliphatic rings. The summed E-state index contributed by atoms with van der Waals surface area (Å²) < 4.78 is 5.19. The second kappa shape index (κ2) is 6.51. The van der Waals surface area contributed by atoms with E-state index in [-0.39, 0.29) is 6.04 Å². The number of thiocarbonyl (C=S) groups is 1. The minimum atomic E-state index is 0.251. The number of nitrogens with one attached hydrogen (secondary N) is 1. The van der Waals surface area contributed by atoms with Gasteiger partial charge in [0.1, 0.15) is 4.99 Å². The fraction of sp³-hybridized carbons (Fsp3) is 0.500. The number of hydrogen-bond donors (Lipinski definition) is 2. The third kappa shape index (κ3) is 4.28. The quantitative estimate of drug-likeness (QED) is 0.757. The maximum atomic E-state index is 5.55. The highest BCUT2D eigenvalue weighted by atomic mass is 32.1. The summed E-state index contributed by atoms with van der Waals surface area (Å²) in [5, 5.41) is 3.39. The third-order valence-electron chi connectivity index (χ3n) is 2.52. The molecule has 0 radical (unpaired) electrons. The smallest absolute Gasteiger partial charge is 0.122 e. The molecule has 0 bridgehead atoms. The lowest BCUT2D eigenvalue weighted by Crippen LogP contribution is -2.30. The monoisotopic (exact) mass is 253 g/mol. The van der Waals surface area contributed by atoms with Gasteiger partial charge in [-0.1, -0.05) is 26.1 Å². The summed E-state index contributed by atoms with van der Waals surface area (Å²) in [6, 6.07) is 4.00. The molecule has 0 aliphatic carbocycles. The molecule has 94 valence electrons. The van der Waals surface area contributed by atoms with Crippen molar-refractivity contribution in [3.63, 3.8) is 0 Å². The maximum Gasteiger partial charge on any atom is 0.122 e. The Morgan fingerprint density at radius 1 is 1.59 bits per heavy atom. The van der Waals surface area contributed by atoms with Gasteiger partial charge in [0.25, 0.3) is 0 Å². The van der Waals surface area contributed by atoms with Crippen LogP contribution in [0.5, 0.6) is 0 Å². The van der Waals surface area contributed by atoms with Crippen LogP contribution in [0.25, 0.3) is 0 Å². The van der Waals surface area contributed by atoms with Gasteiger partial charge in [0.2, 0.25) is 0 Å². The molecule has 0 spiro atoms. The summed E-state index contributed by atoms with van der Waals surface area (Å²) in [5.74, 6) is 0.469. The van der Waals surface area contributed by atoms with Gasteiger partial charge >= 0.3 is 0 Å². The van der Waals surface area contributed by atoms with Crippen LogP contribution in [0.4, 0.5) is 5.69 Å². The Hall–Kier alpha value is -1.20. The Labute approximate surface area is 108 Å². The van der Waals surface area contributed by atoms with Crippen molar-refractivity contribution in [2.75, 3.05) is 19.0 Å². The normalized spacial score (nSPS) is 12.5. The Bertz CT molecular complexity index is 382. The van der Waals surface area contributed by atoms with Crippen molar-refractivity contribution in [2.24, 2.45) is 11.7 Å². The van der Waals surface area contributed by atoms with Crippen LogP contribution in [-0.2, 0) is 4.74 Å². The van der Waals surface area contributed by atoms with Crippen molar-refractivity contribution >= 4 is 22.9 Å². The van der Waals surface area contributed by atoms with Gasteiger partial charge in [0.05, 0.1) is 18.3 Å². The molecule has 0 saturated heterocycles. The minimum Gasteiger partial charge on any atom is -0.388 e. The van der Waals surface area contributed by atoms with E-state index in [0.717, 1.165) is 5.69 Å². The summed E-state index contributed by atoms with van der Waals surface area (Å²) in [7, 11) is 1.70. The first kappa shape index (κ1) is 13.9. The standard InChI is InChI=1S/C12H19N3OS/c1-8(2)11(7-16-3)15-9-4-5-14-10(6-9)12(13)17/h4-6,8,11H,7H2,1-3H3,(H2,13,17)(H,14,15). The first-order valence-corrected chi connectivity index (χ1v) is 5.96. The number of pyridine rings is 1. The summed E-state index contributed by atoms with van der Waals surface area (Å²) in [4.78, 5) is 4.41. The van der Waals surface area contributed by atoms with Crippen molar-refractivity contribution < 1.29 is 4.74 Å². The number of hydrogen-bond acceptors (Lipinski definition) is 4. The first-order valence-electron chi connectivity index (χ1n) is 5.56. The Morgan fingerprint density at radius 2 is 2.29 bits per heavy atom. The molecule has 1 unspecified atom stereocenters. The largest absolute Gasteiger partial charge is 0.388 e. The molecule has 3 N–H and O–H groups in total. The highest BCUT2D eigenvalue weighted by molar-refractivity contribution is 7.80. The third-order valence-corrected chi connectivity index (χ3v) is 2.72. The molecule has 1 rings (SSSR count). The molecule has 0 amide bonds. The molecule has 17 heavy (non-hydrogen) atoms. The second-order valence-electron chi connectivity index (χ2n) is 4.24. The van der Waals surface area contributed by atoms with Crippen molar-refractivity contribution in [1.29, 1.82) is 0 Å². The van der Waals surface area contributed by atoms with Crippen molar-refractivity contribution in [2.45, 2.75) is 19.9 Å². The van der Waals surface area contributed by atoms with E-state index in [1.54, 1.807) is 13.3 Å². The molecule has 0 saturated carbocycles. The number of nitrogens with zero attached hydrogens (tertiary/aromatic N) is 1. The van der Waals surface area contributed by atoms with E-state index in [0.29, 0.717) is 23.2 Å². The summed E-state index contributed by atoms with van der Waals surface area (Å²) in [5.41, 5.74) is 7.13. The highest BCUT2D eigenvalue weighted by Crippen LogP contribution is 2.13. The number of methoxy groups -OCH3 is 1. The van der Waals surface area contributed by atoms with Gasteiger partial charge in [0, 0.05) is 19.0 Å². The topological polar surface area (TPSA) is 60.2 Å². The van der Waals surface area contributed by atoms with Crippen LogP contribution < -0.4 is 11.1 Å². The molecule has 0 aromatic carbocycles. The predicted molar refractivity (Wildman–Crippen MR) is 74.2 cm³/mol. The van der Waals surface area contributed by atoms with E-state index >= 15 is 0 Å². The number of nitrogens with two attached hydrogens (primary N) is 1. The van der Waals surface area contributed by atoms with Crippen molar-refractivity contribution in [3.8, 4) is 0 Å². The van der Waals surface area contributed by atoms with Crippen LogP contribution in [0.2, 0.25) is 0 Å². The van der Waals surface area contributed by atoms with Crippen LogP contribution in [0.15, 0.2) is 18.3 Å². The van der Waals surface area contributed by atoms with E-state index < -0.39 is 0 Å². The number of anilines is 1. The maximum absolute atomic E-state index is 5.55. The van der Waals surface area contributed by atoms with E-state index in [1.807, 2.05) is 12.1 Å². The Kier molecular flexibility index (Phi) is 5.31. The predicted octanol–water partition coefficient (Wildman–Crippen LogP) is 1.80. The Balaban J connectivity index is 2.78. The molecule has 1 atom stereocenters. The number of aromatic nitrogens is 1. The van der Waals surface area contributed by atoms with Crippen molar-refractivity contribution in [1.82, 2.24) is 4.98 Å². The fourth-order valence-corrected chi connectivity index (χ4v) is 1.56. The van der Waals surface area contributed by atoms with Gasteiger partial charge in [0.15, 0.2) is 0 Å². The highest BCUT2D eigenvalue weighted by Gasteiger charge is 2.13. The van der Waals surface area contributed by atoms with Gasteiger partial charge in [-0.15, -0.1) is 0 Å². The van der Waals surface area contributed by atoms with E-state index in [2.05, 4.69) is 24.1 Å². The summed E-state index contributed by atoms with van der Waals surface area (Å²) in [6.07, 6.45) is 1.70. The van der Waals surface area contributed by atoms with Crippen LogP contribution in [0, 0.1) is 5.92 Å². The molecule has 1 aromatic heterocycles. The molecular formula is C12H19N3OS.